The van der Waals surface area contributed by atoms with Crippen LogP contribution in [-0.2, 0) is 9.53 Å². The molecule has 0 unspecified atom stereocenters. The normalized spacial score (nSPS) is 20.9. The molecule has 0 radical (unpaired) electrons. The van der Waals surface area contributed by atoms with Crippen molar-refractivity contribution < 1.29 is 9.53 Å². The average Bonchev–Trinajstić information content (AvgIpc) is 3.59. The maximum absolute atomic E-state index is 13.8. The van der Waals surface area contributed by atoms with Crippen LogP contribution in [0, 0.1) is 12.8 Å². The lowest BCUT2D eigenvalue weighted by Crippen LogP contribution is -2.43. The van der Waals surface area contributed by atoms with Gasteiger partial charge in [0.1, 0.15) is 5.65 Å². The van der Waals surface area contributed by atoms with E-state index in [1.54, 1.807) is 0 Å². The van der Waals surface area contributed by atoms with Crippen LogP contribution in [0.3, 0.4) is 0 Å². The number of likely N-dealkylation sites (tertiary alicyclic amines) is 1. The number of pyridine rings is 1. The molecular weight excluding hydrogens is 442 g/mol. The van der Waals surface area contributed by atoms with E-state index in [4.69, 9.17) is 9.72 Å². The molecule has 3 aliphatic rings. The fourth-order valence-electron chi connectivity index (χ4n) is 5.34. The number of piperidine rings is 1. The van der Waals surface area contributed by atoms with E-state index < -0.39 is 0 Å². The fourth-order valence-corrected chi connectivity index (χ4v) is 5.34. The summed E-state index contributed by atoms with van der Waals surface area (Å²) in [5.74, 6) is 1.11. The molecule has 2 aromatic heterocycles. The number of anilines is 1. The molecule has 6 rings (SSSR count). The van der Waals surface area contributed by atoms with E-state index in [-0.39, 0.29) is 23.6 Å². The first-order valence-electron chi connectivity index (χ1n) is 12.7. The predicted octanol–water partition coefficient (Wildman–Crippen LogP) is 3.54. The lowest BCUT2D eigenvalue weighted by atomic mass is 10.0. The molecule has 1 aliphatic carbocycles. The van der Waals surface area contributed by atoms with Crippen LogP contribution in [-0.4, -0.2) is 57.7 Å². The maximum atomic E-state index is 13.8. The van der Waals surface area contributed by atoms with Gasteiger partial charge in [0.15, 0.2) is 0 Å². The first-order chi connectivity index (χ1) is 17.1. The minimum absolute atomic E-state index is 0.0427. The number of fused-ring (bicyclic) bond motifs is 1. The van der Waals surface area contributed by atoms with Gasteiger partial charge < -0.3 is 15.0 Å². The Labute approximate surface area is 204 Å². The number of ether oxygens (including phenoxy) is 1. The molecule has 3 fully saturated rings. The fraction of sp³-hybridized carbons (Fsp3) is 0.481. The molecule has 3 aromatic rings. The lowest BCUT2D eigenvalue weighted by molar-refractivity contribution is -0.133. The van der Waals surface area contributed by atoms with Crippen molar-refractivity contribution in [2.75, 3.05) is 31.6 Å². The highest BCUT2D eigenvalue weighted by molar-refractivity contribution is 5.83. The van der Waals surface area contributed by atoms with Crippen molar-refractivity contribution >= 4 is 22.9 Å². The smallest absolute Gasteiger partial charge is 0.260 e. The van der Waals surface area contributed by atoms with Crippen LogP contribution in [0.25, 0.3) is 22.2 Å². The number of aryl methyl sites for hydroxylation is 1. The Morgan fingerprint density at radius 1 is 1.09 bits per heavy atom. The van der Waals surface area contributed by atoms with Gasteiger partial charge in [0, 0.05) is 48.8 Å². The second kappa shape index (κ2) is 9.07. The van der Waals surface area contributed by atoms with Crippen molar-refractivity contribution in [3.8, 4) is 11.1 Å². The minimum atomic E-state index is -0.0478. The maximum Gasteiger partial charge on any atom is 0.260 e. The van der Waals surface area contributed by atoms with Crippen molar-refractivity contribution in [1.82, 2.24) is 19.4 Å². The van der Waals surface area contributed by atoms with Crippen molar-refractivity contribution in [1.29, 1.82) is 0 Å². The lowest BCUT2D eigenvalue weighted by Gasteiger charge is -2.32. The Hall–Kier alpha value is -3.26. The number of nitrogens with zero attached hydrogens (tertiary/aromatic N) is 4. The van der Waals surface area contributed by atoms with Gasteiger partial charge in [-0.25, -0.2) is 4.98 Å². The van der Waals surface area contributed by atoms with Crippen LogP contribution >= 0.6 is 0 Å². The number of aromatic nitrogens is 3. The average molecular weight is 474 g/mol. The summed E-state index contributed by atoms with van der Waals surface area (Å²) in [5.41, 5.74) is 3.26. The molecule has 1 atom stereocenters. The van der Waals surface area contributed by atoms with E-state index in [9.17, 15) is 9.59 Å². The Morgan fingerprint density at radius 2 is 1.89 bits per heavy atom. The zero-order chi connectivity index (χ0) is 23.9. The van der Waals surface area contributed by atoms with Crippen molar-refractivity contribution in [3.63, 3.8) is 0 Å². The molecule has 8 nitrogen and oxygen atoms in total. The molecule has 4 heterocycles. The van der Waals surface area contributed by atoms with Crippen LogP contribution in [0.2, 0.25) is 0 Å². The quantitative estimate of drug-likeness (QED) is 0.610. The van der Waals surface area contributed by atoms with Crippen molar-refractivity contribution in [3.05, 3.63) is 52.4 Å². The monoisotopic (exact) mass is 473 g/mol. The van der Waals surface area contributed by atoms with Crippen molar-refractivity contribution in [2.24, 2.45) is 5.92 Å². The molecule has 8 heteroatoms. The van der Waals surface area contributed by atoms with Gasteiger partial charge in [-0.3, -0.25) is 14.2 Å². The first kappa shape index (κ1) is 22.2. The number of hydrogen-bond donors (Lipinski definition) is 1. The standard InChI is InChI=1S/C27H31N5O3/c1-17-4-2-3-5-22(17)23-14-19-15-28-27(30-24(19)32(26(23)34)21-10-13-35-16-21)29-20-8-11-31(12-9-20)25(33)18-6-7-18/h2-5,14-15,18,20-21H,6-13,16H2,1H3,(H,28,29,30)/t21-/m0/s1. The number of nitrogens with one attached hydrogen (secondary N) is 1. The molecule has 2 aliphatic heterocycles. The van der Waals surface area contributed by atoms with Crippen LogP contribution in [0.15, 0.2) is 41.3 Å². The zero-order valence-electron chi connectivity index (χ0n) is 20.1. The van der Waals surface area contributed by atoms with Gasteiger partial charge in [-0.1, -0.05) is 24.3 Å². The third-order valence-corrected chi connectivity index (χ3v) is 7.55. The summed E-state index contributed by atoms with van der Waals surface area (Å²) < 4.78 is 7.45. The van der Waals surface area contributed by atoms with E-state index in [1.807, 2.05) is 52.9 Å². The van der Waals surface area contributed by atoms with Gasteiger partial charge in [0.2, 0.25) is 11.9 Å². The Bertz CT molecular complexity index is 1320. The second-order valence-corrected chi connectivity index (χ2v) is 10.1. The minimum Gasteiger partial charge on any atom is -0.379 e. The predicted molar refractivity (Wildman–Crippen MR) is 134 cm³/mol. The zero-order valence-corrected chi connectivity index (χ0v) is 20.1. The highest BCUT2D eigenvalue weighted by Gasteiger charge is 2.35. The summed E-state index contributed by atoms with van der Waals surface area (Å²) >= 11 is 0. The molecule has 2 saturated heterocycles. The summed E-state index contributed by atoms with van der Waals surface area (Å²) in [5, 5.41) is 4.30. The van der Waals surface area contributed by atoms with E-state index in [0.29, 0.717) is 36.3 Å². The van der Waals surface area contributed by atoms with Gasteiger partial charge in [-0.15, -0.1) is 0 Å². The molecule has 1 amide bonds. The molecule has 1 aromatic carbocycles. The summed E-state index contributed by atoms with van der Waals surface area (Å²) in [4.78, 5) is 37.6. The number of amides is 1. The van der Waals surface area contributed by atoms with Crippen LogP contribution in [0.1, 0.15) is 43.7 Å². The third-order valence-electron chi connectivity index (χ3n) is 7.55. The number of benzene rings is 1. The van der Waals surface area contributed by atoms with E-state index in [0.717, 1.165) is 61.7 Å². The Morgan fingerprint density at radius 3 is 2.60 bits per heavy atom. The first-order valence-corrected chi connectivity index (χ1v) is 12.7. The highest BCUT2D eigenvalue weighted by atomic mass is 16.5. The van der Waals surface area contributed by atoms with Gasteiger partial charge in [0.05, 0.1) is 12.6 Å². The SMILES string of the molecule is Cc1ccccc1-c1cc2cnc(NC3CCN(C(=O)C4CC4)CC3)nc2n([C@H]2CCOC2)c1=O. The second-order valence-electron chi connectivity index (χ2n) is 10.1. The summed E-state index contributed by atoms with van der Waals surface area (Å²) in [7, 11) is 0. The van der Waals surface area contributed by atoms with E-state index >= 15 is 0 Å². The van der Waals surface area contributed by atoms with Gasteiger partial charge in [-0.2, -0.15) is 4.98 Å². The highest BCUT2D eigenvalue weighted by Crippen LogP contribution is 2.32. The number of hydrogen-bond acceptors (Lipinski definition) is 6. The van der Waals surface area contributed by atoms with Crippen LogP contribution in [0.4, 0.5) is 5.95 Å². The largest absolute Gasteiger partial charge is 0.379 e. The molecule has 1 N–H and O–H groups in total. The van der Waals surface area contributed by atoms with E-state index in [2.05, 4.69) is 10.3 Å². The topological polar surface area (TPSA) is 89.3 Å². The summed E-state index contributed by atoms with van der Waals surface area (Å²) in [6.07, 6.45) is 6.42. The van der Waals surface area contributed by atoms with Gasteiger partial charge in [0.25, 0.3) is 5.56 Å². The Balaban J connectivity index is 1.31. The number of rotatable bonds is 5. The Kier molecular flexibility index (Phi) is 5.76. The molecule has 1 saturated carbocycles. The molecule has 182 valence electrons. The molecule has 0 spiro atoms. The van der Waals surface area contributed by atoms with Crippen LogP contribution < -0.4 is 10.9 Å². The number of carbonyl (C=O) groups excluding carboxylic acids is 1. The van der Waals surface area contributed by atoms with Gasteiger partial charge in [-0.05, 0) is 56.2 Å². The summed E-state index contributed by atoms with van der Waals surface area (Å²) in [6.45, 7) is 4.71. The molecular formula is C27H31N5O3. The third kappa shape index (κ3) is 4.31. The number of carbonyl (C=O) groups is 1. The van der Waals surface area contributed by atoms with Crippen molar-refractivity contribution in [2.45, 2.75) is 51.1 Å². The van der Waals surface area contributed by atoms with Gasteiger partial charge >= 0.3 is 0 Å². The summed E-state index contributed by atoms with van der Waals surface area (Å²) in [6, 6.07) is 10.0. The molecule has 35 heavy (non-hydrogen) atoms. The van der Waals surface area contributed by atoms with Crippen LogP contribution in [0.5, 0.6) is 0 Å². The van der Waals surface area contributed by atoms with E-state index in [1.165, 1.54) is 0 Å². The molecule has 0 bridgehead atoms.